The Kier molecular flexibility index (Phi) is 4.26. The van der Waals surface area contributed by atoms with Crippen molar-refractivity contribution in [1.29, 1.82) is 0 Å². The Balaban J connectivity index is 2.12. The van der Waals surface area contributed by atoms with E-state index in [1.54, 1.807) is 0 Å². The number of likely N-dealkylation sites (N-methyl/N-ethyl adjacent to an activating group) is 1. The van der Waals surface area contributed by atoms with E-state index in [0.717, 1.165) is 12.8 Å². The van der Waals surface area contributed by atoms with Crippen molar-refractivity contribution in [2.45, 2.75) is 30.5 Å². The summed E-state index contributed by atoms with van der Waals surface area (Å²) in [5.74, 6) is 0.434. The van der Waals surface area contributed by atoms with Gasteiger partial charge in [0.15, 0.2) is 5.16 Å². The predicted molar refractivity (Wildman–Crippen MR) is 73.9 cm³/mol. The number of aromatic nitrogens is 2. The van der Waals surface area contributed by atoms with Crippen molar-refractivity contribution >= 4 is 17.7 Å². The monoisotopic (exact) mass is 282 g/mol. The van der Waals surface area contributed by atoms with Crippen LogP contribution in [-0.4, -0.2) is 33.7 Å². The lowest BCUT2D eigenvalue weighted by Gasteiger charge is -2.31. The minimum Gasteiger partial charge on any atom is -0.368 e. The van der Waals surface area contributed by atoms with Crippen LogP contribution in [0.1, 0.15) is 19.8 Å². The van der Waals surface area contributed by atoms with Gasteiger partial charge in [-0.2, -0.15) is 0 Å². The van der Waals surface area contributed by atoms with Crippen LogP contribution in [0.3, 0.4) is 0 Å². The fourth-order valence-electron chi connectivity index (χ4n) is 2.17. The van der Waals surface area contributed by atoms with Gasteiger partial charge >= 0.3 is 0 Å². The van der Waals surface area contributed by atoms with E-state index in [1.165, 1.54) is 24.0 Å². The summed E-state index contributed by atoms with van der Waals surface area (Å²) < 4.78 is 0. The molecule has 1 fully saturated rings. The van der Waals surface area contributed by atoms with Gasteiger partial charge in [-0.15, -0.1) is 0 Å². The van der Waals surface area contributed by atoms with Gasteiger partial charge in [0.05, 0.1) is 0 Å². The van der Waals surface area contributed by atoms with Crippen molar-refractivity contribution in [3.05, 3.63) is 22.6 Å². The fourth-order valence-corrected chi connectivity index (χ4v) is 3.32. The van der Waals surface area contributed by atoms with Crippen LogP contribution in [0.2, 0.25) is 0 Å². The number of nitrogens with one attached hydrogen (secondary N) is 2. The van der Waals surface area contributed by atoms with Crippen LogP contribution < -0.4 is 16.6 Å². The Morgan fingerprint density at radius 1 is 1.68 bits per heavy atom. The summed E-state index contributed by atoms with van der Waals surface area (Å²) in [6.07, 6.45) is 3.47. The predicted octanol–water partition coefficient (Wildman–Crippen LogP) is 0.106. The van der Waals surface area contributed by atoms with Gasteiger partial charge in [0, 0.05) is 18.0 Å². The maximum Gasteiger partial charge on any atom is 0.251 e. The molecule has 19 heavy (non-hydrogen) atoms. The minimum absolute atomic E-state index is 0.197. The lowest BCUT2D eigenvalue weighted by atomic mass is 9.94. The van der Waals surface area contributed by atoms with Gasteiger partial charge in [-0.25, -0.2) is 4.98 Å². The SMILES string of the molecule is CCNC(CSc1nccc(=O)[nH]1)(C(N)=O)C1CC1. The number of carbonyl (C=O) groups is 1. The molecule has 1 heterocycles. The average Bonchev–Trinajstić information content (AvgIpc) is 3.19. The van der Waals surface area contributed by atoms with Gasteiger partial charge in [0.2, 0.25) is 5.91 Å². The molecule has 1 aromatic heterocycles. The number of amides is 1. The van der Waals surface area contributed by atoms with Crippen LogP contribution >= 0.6 is 11.8 Å². The first-order chi connectivity index (χ1) is 9.08. The first-order valence-corrected chi connectivity index (χ1v) is 7.30. The quantitative estimate of drug-likeness (QED) is 0.486. The maximum absolute atomic E-state index is 11.8. The van der Waals surface area contributed by atoms with Gasteiger partial charge in [-0.1, -0.05) is 18.7 Å². The highest BCUT2D eigenvalue weighted by Gasteiger charge is 2.49. The molecule has 104 valence electrons. The maximum atomic E-state index is 11.8. The lowest BCUT2D eigenvalue weighted by molar-refractivity contribution is -0.124. The van der Waals surface area contributed by atoms with E-state index in [-0.39, 0.29) is 17.4 Å². The smallest absolute Gasteiger partial charge is 0.251 e. The van der Waals surface area contributed by atoms with Gasteiger partial charge in [-0.05, 0) is 25.3 Å². The molecule has 1 aromatic rings. The molecule has 0 aliphatic heterocycles. The average molecular weight is 282 g/mol. The molecule has 0 bridgehead atoms. The third-order valence-corrected chi connectivity index (χ3v) is 4.37. The number of aromatic amines is 1. The second-order valence-corrected chi connectivity index (χ2v) is 5.63. The highest BCUT2D eigenvalue weighted by atomic mass is 32.2. The number of nitrogens with two attached hydrogens (primary N) is 1. The number of carbonyl (C=O) groups excluding carboxylic acids is 1. The molecule has 0 saturated heterocycles. The summed E-state index contributed by atoms with van der Waals surface area (Å²) in [5, 5.41) is 3.74. The van der Waals surface area contributed by atoms with Crippen LogP contribution in [0.4, 0.5) is 0 Å². The zero-order valence-electron chi connectivity index (χ0n) is 10.8. The largest absolute Gasteiger partial charge is 0.368 e. The number of primary amides is 1. The Hall–Kier alpha value is -1.34. The van der Waals surface area contributed by atoms with E-state index in [0.29, 0.717) is 17.5 Å². The van der Waals surface area contributed by atoms with Gasteiger partial charge in [-0.3, -0.25) is 9.59 Å². The summed E-state index contributed by atoms with van der Waals surface area (Å²) in [7, 11) is 0. The Bertz CT molecular complexity index is 514. The molecule has 0 aromatic carbocycles. The summed E-state index contributed by atoms with van der Waals surface area (Å²) in [5.41, 5.74) is 4.69. The van der Waals surface area contributed by atoms with Gasteiger partial charge in [0.25, 0.3) is 5.56 Å². The van der Waals surface area contributed by atoms with E-state index in [4.69, 9.17) is 5.73 Å². The Morgan fingerprint density at radius 3 is 2.95 bits per heavy atom. The van der Waals surface area contributed by atoms with Gasteiger partial charge in [0.1, 0.15) is 5.54 Å². The summed E-state index contributed by atoms with van der Waals surface area (Å²) in [6, 6.07) is 1.36. The number of nitrogens with zero attached hydrogens (tertiary/aromatic N) is 1. The van der Waals surface area contributed by atoms with Crippen molar-refractivity contribution in [2.24, 2.45) is 11.7 Å². The van der Waals surface area contributed by atoms with Crippen LogP contribution in [0.5, 0.6) is 0 Å². The van der Waals surface area contributed by atoms with Crippen LogP contribution in [0, 0.1) is 5.92 Å². The number of hydrogen-bond donors (Lipinski definition) is 3. The molecule has 6 nitrogen and oxygen atoms in total. The molecule has 0 radical (unpaired) electrons. The van der Waals surface area contributed by atoms with Gasteiger partial charge < -0.3 is 16.0 Å². The normalized spacial score (nSPS) is 17.9. The highest BCUT2D eigenvalue weighted by Crippen LogP contribution is 2.41. The van der Waals surface area contributed by atoms with E-state index in [2.05, 4.69) is 15.3 Å². The van der Waals surface area contributed by atoms with Crippen LogP contribution in [0.15, 0.2) is 22.2 Å². The molecular weight excluding hydrogens is 264 g/mol. The molecule has 1 aliphatic rings. The second-order valence-electron chi connectivity index (χ2n) is 4.67. The molecule has 0 spiro atoms. The highest BCUT2D eigenvalue weighted by molar-refractivity contribution is 7.99. The summed E-state index contributed by atoms with van der Waals surface area (Å²) in [4.78, 5) is 29.7. The number of thioether (sulfide) groups is 1. The third-order valence-electron chi connectivity index (χ3n) is 3.29. The van der Waals surface area contributed by atoms with Crippen molar-refractivity contribution in [2.75, 3.05) is 12.3 Å². The molecule has 4 N–H and O–H groups in total. The van der Waals surface area contributed by atoms with Crippen LogP contribution in [-0.2, 0) is 4.79 Å². The van der Waals surface area contributed by atoms with Crippen molar-refractivity contribution in [3.63, 3.8) is 0 Å². The van der Waals surface area contributed by atoms with E-state index in [1.807, 2.05) is 6.92 Å². The molecule has 1 unspecified atom stereocenters. The van der Waals surface area contributed by atoms with E-state index < -0.39 is 5.54 Å². The minimum atomic E-state index is -0.701. The number of hydrogen-bond acceptors (Lipinski definition) is 5. The fraction of sp³-hybridized carbons (Fsp3) is 0.583. The molecule has 7 heteroatoms. The standard InChI is InChI=1S/C12H18N4O2S/c1-2-15-12(10(13)18,8-3-4-8)7-19-11-14-6-5-9(17)16-11/h5-6,8,15H,2-4,7H2,1H3,(H2,13,18)(H,14,16,17). The number of H-pyrrole nitrogens is 1. The molecule has 1 atom stereocenters. The second kappa shape index (κ2) is 5.75. The van der Waals surface area contributed by atoms with E-state index >= 15 is 0 Å². The van der Waals surface area contributed by atoms with Crippen molar-refractivity contribution in [1.82, 2.24) is 15.3 Å². The first kappa shape index (κ1) is 14.1. The van der Waals surface area contributed by atoms with E-state index in [9.17, 15) is 9.59 Å². The molecule has 1 saturated carbocycles. The third kappa shape index (κ3) is 3.16. The lowest BCUT2D eigenvalue weighted by Crippen LogP contribution is -2.59. The summed E-state index contributed by atoms with van der Waals surface area (Å²) in [6.45, 7) is 2.63. The van der Waals surface area contributed by atoms with Crippen LogP contribution in [0.25, 0.3) is 0 Å². The zero-order valence-corrected chi connectivity index (χ0v) is 11.6. The summed E-state index contributed by atoms with van der Waals surface area (Å²) >= 11 is 1.35. The number of rotatable bonds is 7. The molecular formula is C12H18N4O2S. The Morgan fingerprint density at radius 2 is 2.42 bits per heavy atom. The topological polar surface area (TPSA) is 101 Å². The molecule has 1 aliphatic carbocycles. The zero-order chi connectivity index (χ0) is 13.9. The Labute approximate surface area is 115 Å². The van der Waals surface area contributed by atoms with Crippen molar-refractivity contribution in [3.8, 4) is 0 Å². The molecule has 2 rings (SSSR count). The van der Waals surface area contributed by atoms with Crippen molar-refractivity contribution < 1.29 is 4.79 Å². The molecule has 1 amide bonds. The first-order valence-electron chi connectivity index (χ1n) is 6.31.